The van der Waals surface area contributed by atoms with Crippen molar-refractivity contribution in [3.05, 3.63) is 65.5 Å². The van der Waals surface area contributed by atoms with Crippen molar-refractivity contribution in [2.45, 2.75) is 19.9 Å². The van der Waals surface area contributed by atoms with E-state index in [2.05, 4.69) is 5.32 Å². The fourth-order valence-corrected chi connectivity index (χ4v) is 3.38. The normalized spacial score (nSPS) is 12.3. The summed E-state index contributed by atoms with van der Waals surface area (Å²) in [5, 5.41) is 2.69. The van der Waals surface area contributed by atoms with Crippen LogP contribution in [0.15, 0.2) is 48.5 Å². The van der Waals surface area contributed by atoms with Crippen molar-refractivity contribution < 1.29 is 22.4 Å². The van der Waals surface area contributed by atoms with Crippen LogP contribution < -0.4 is 9.62 Å². The predicted molar refractivity (Wildman–Crippen MR) is 102 cm³/mol. The molecular formula is C19H21FN2O4S. The first-order valence-corrected chi connectivity index (χ1v) is 10.1. The minimum atomic E-state index is -3.75. The van der Waals surface area contributed by atoms with Gasteiger partial charge in [-0.1, -0.05) is 24.3 Å². The molecule has 2 aromatic carbocycles. The molecule has 1 atom stereocenters. The molecular weight excluding hydrogens is 371 g/mol. The van der Waals surface area contributed by atoms with Gasteiger partial charge in [0.05, 0.1) is 18.0 Å². The van der Waals surface area contributed by atoms with Crippen LogP contribution in [0.5, 0.6) is 0 Å². The predicted octanol–water partition coefficient (Wildman–Crippen LogP) is 2.67. The number of hydrogen-bond donors (Lipinski definition) is 1. The topological polar surface area (TPSA) is 83.6 Å². The van der Waals surface area contributed by atoms with E-state index in [0.717, 1.165) is 10.6 Å². The molecule has 27 heavy (non-hydrogen) atoms. The highest BCUT2D eigenvalue weighted by atomic mass is 32.2. The van der Waals surface area contributed by atoms with E-state index in [4.69, 9.17) is 0 Å². The molecule has 0 aliphatic carbocycles. The van der Waals surface area contributed by atoms with Gasteiger partial charge in [0.2, 0.25) is 15.9 Å². The molecule has 0 unspecified atom stereocenters. The van der Waals surface area contributed by atoms with Crippen molar-refractivity contribution in [3.8, 4) is 0 Å². The van der Waals surface area contributed by atoms with Crippen LogP contribution in [0.1, 0.15) is 35.8 Å². The number of carbonyl (C=O) groups excluding carboxylic acids is 2. The summed E-state index contributed by atoms with van der Waals surface area (Å²) < 4.78 is 38.3. The van der Waals surface area contributed by atoms with Crippen LogP contribution >= 0.6 is 0 Å². The van der Waals surface area contributed by atoms with Crippen molar-refractivity contribution in [2.24, 2.45) is 0 Å². The van der Waals surface area contributed by atoms with Gasteiger partial charge in [-0.05, 0) is 43.7 Å². The Morgan fingerprint density at radius 3 is 2.33 bits per heavy atom. The van der Waals surface area contributed by atoms with Crippen LogP contribution in [0.25, 0.3) is 0 Å². The number of amides is 1. The highest BCUT2D eigenvalue weighted by Gasteiger charge is 2.22. The third-order valence-electron chi connectivity index (χ3n) is 3.98. The number of Topliss-reactive ketones (excluding diaryl/α,β-unsaturated/α-hetero) is 1. The molecule has 0 radical (unpaired) electrons. The summed E-state index contributed by atoms with van der Waals surface area (Å²) in [7, 11) is -3.75. The zero-order valence-electron chi connectivity index (χ0n) is 15.3. The number of rotatable bonds is 7. The second kappa shape index (κ2) is 8.30. The summed E-state index contributed by atoms with van der Waals surface area (Å²) >= 11 is 0. The van der Waals surface area contributed by atoms with E-state index in [1.807, 2.05) is 0 Å². The summed E-state index contributed by atoms with van der Waals surface area (Å²) in [6.45, 7) is 2.65. The summed E-state index contributed by atoms with van der Waals surface area (Å²) in [6, 6.07) is 11.3. The van der Waals surface area contributed by atoms with Crippen molar-refractivity contribution in [2.75, 3.05) is 17.1 Å². The second-order valence-electron chi connectivity index (χ2n) is 6.22. The van der Waals surface area contributed by atoms with Crippen molar-refractivity contribution in [1.29, 1.82) is 0 Å². The van der Waals surface area contributed by atoms with E-state index in [9.17, 15) is 22.4 Å². The average molecular weight is 392 g/mol. The Hall–Kier alpha value is -2.74. The summed E-state index contributed by atoms with van der Waals surface area (Å²) in [4.78, 5) is 23.9. The fourth-order valence-electron chi connectivity index (χ4n) is 2.53. The molecule has 0 heterocycles. The number of nitrogens with one attached hydrogen (secondary N) is 1. The molecule has 0 bridgehead atoms. The molecule has 8 heteroatoms. The van der Waals surface area contributed by atoms with Gasteiger partial charge >= 0.3 is 0 Å². The molecule has 0 aromatic heterocycles. The van der Waals surface area contributed by atoms with E-state index in [1.54, 1.807) is 31.2 Å². The quantitative estimate of drug-likeness (QED) is 0.735. The summed E-state index contributed by atoms with van der Waals surface area (Å²) in [5.74, 6) is -1.11. The molecule has 6 nitrogen and oxygen atoms in total. The summed E-state index contributed by atoms with van der Waals surface area (Å²) in [5.41, 5.74) is 1.27. The first-order chi connectivity index (χ1) is 12.6. The third-order valence-corrected chi connectivity index (χ3v) is 5.12. The molecule has 0 saturated carbocycles. The first kappa shape index (κ1) is 20.6. The van der Waals surface area contributed by atoms with E-state index in [0.29, 0.717) is 11.1 Å². The molecule has 1 N–H and O–H groups in total. The first-order valence-electron chi connectivity index (χ1n) is 8.21. The van der Waals surface area contributed by atoms with Crippen LogP contribution in [0.3, 0.4) is 0 Å². The van der Waals surface area contributed by atoms with Gasteiger partial charge in [0, 0.05) is 5.56 Å². The maximum absolute atomic E-state index is 13.0. The highest BCUT2D eigenvalue weighted by Crippen LogP contribution is 2.20. The molecule has 144 valence electrons. The van der Waals surface area contributed by atoms with Gasteiger partial charge in [-0.2, -0.15) is 0 Å². The van der Waals surface area contributed by atoms with Gasteiger partial charge in [0.25, 0.3) is 0 Å². The van der Waals surface area contributed by atoms with Crippen LogP contribution in [-0.2, 0) is 14.8 Å². The van der Waals surface area contributed by atoms with Crippen LogP contribution in [0.4, 0.5) is 10.1 Å². The Morgan fingerprint density at radius 2 is 1.78 bits per heavy atom. The molecule has 2 rings (SSSR count). The van der Waals surface area contributed by atoms with E-state index >= 15 is 0 Å². The lowest BCUT2D eigenvalue weighted by atomic mass is 10.1. The Morgan fingerprint density at radius 1 is 1.15 bits per heavy atom. The van der Waals surface area contributed by atoms with Gasteiger partial charge in [-0.15, -0.1) is 0 Å². The third kappa shape index (κ3) is 5.62. The lowest BCUT2D eigenvalue weighted by molar-refractivity contribution is -0.120. The Bertz CT molecular complexity index is 942. The van der Waals surface area contributed by atoms with Gasteiger partial charge in [0.15, 0.2) is 5.78 Å². The van der Waals surface area contributed by atoms with Crippen LogP contribution in [0.2, 0.25) is 0 Å². The average Bonchev–Trinajstić information content (AvgIpc) is 2.59. The van der Waals surface area contributed by atoms with Gasteiger partial charge in [-0.25, -0.2) is 12.8 Å². The lowest BCUT2D eigenvalue weighted by Gasteiger charge is -2.23. The Labute approximate surface area is 158 Å². The molecule has 0 aliphatic rings. The van der Waals surface area contributed by atoms with Crippen molar-refractivity contribution in [1.82, 2.24) is 5.32 Å². The number of sulfonamides is 1. The standard InChI is InChI=1S/C19H21FN2O4S/c1-13(15-7-9-17(20)10-8-15)21-19(24)12-22(27(3,25)26)18-6-4-5-16(11-18)14(2)23/h4-11,13H,12H2,1-3H3,(H,21,24)/t13-/m1/s1. The number of nitrogens with zero attached hydrogens (tertiary/aromatic N) is 1. The maximum atomic E-state index is 13.0. The smallest absolute Gasteiger partial charge is 0.241 e. The van der Waals surface area contributed by atoms with Gasteiger partial charge < -0.3 is 5.32 Å². The highest BCUT2D eigenvalue weighted by molar-refractivity contribution is 7.92. The molecule has 1 amide bonds. The van der Waals surface area contributed by atoms with Crippen molar-refractivity contribution in [3.63, 3.8) is 0 Å². The zero-order chi connectivity index (χ0) is 20.2. The summed E-state index contributed by atoms with van der Waals surface area (Å²) in [6.07, 6.45) is 0.990. The van der Waals surface area contributed by atoms with E-state index in [1.165, 1.54) is 31.2 Å². The van der Waals surface area contributed by atoms with E-state index < -0.39 is 28.5 Å². The van der Waals surface area contributed by atoms with Gasteiger partial charge in [0.1, 0.15) is 12.4 Å². The molecule has 0 fully saturated rings. The largest absolute Gasteiger partial charge is 0.348 e. The number of carbonyl (C=O) groups is 2. The molecule has 2 aromatic rings. The SMILES string of the molecule is CC(=O)c1cccc(N(CC(=O)N[C@H](C)c2ccc(F)cc2)S(C)(=O)=O)c1. The lowest BCUT2D eigenvalue weighted by Crippen LogP contribution is -2.41. The minimum absolute atomic E-state index is 0.209. The number of benzene rings is 2. The number of anilines is 1. The number of ketones is 1. The van der Waals surface area contributed by atoms with Crippen LogP contribution in [-0.4, -0.2) is 32.9 Å². The second-order valence-corrected chi connectivity index (χ2v) is 8.12. The number of hydrogen-bond acceptors (Lipinski definition) is 4. The van der Waals surface area contributed by atoms with E-state index in [-0.39, 0.29) is 17.3 Å². The monoisotopic (exact) mass is 392 g/mol. The number of halogens is 1. The molecule has 0 aliphatic heterocycles. The van der Waals surface area contributed by atoms with Crippen LogP contribution in [0, 0.1) is 5.82 Å². The zero-order valence-corrected chi connectivity index (χ0v) is 16.1. The Kier molecular flexibility index (Phi) is 6.32. The minimum Gasteiger partial charge on any atom is -0.348 e. The Balaban J connectivity index is 2.19. The fraction of sp³-hybridized carbons (Fsp3) is 0.263. The van der Waals surface area contributed by atoms with Gasteiger partial charge in [-0.3, -0.25) is 13.9 Å². The molecule has 0 spiro atoms. The maximum Gasteiger partial charge on any atom is 0.241 e. The molecule has 0 saturated heterocycles. The van der Waals surface area contributed by atoms with Crippen molar-refractivity contribution >= 4 is 27.4 Å².